The molecule has 0 saturated carbocycles. The fraction of sp³-hybridized carbons (Fsp3) is 0.318. The van der Waals surface area contributed by atoms with Gasteiger partial charge in [-0.1, -0.05) is 25.5 Å². The Labute approximate surface area is 165 Å². The van der Waals surface area contributed by atoms with Gasteiger partial charge in [0, 0.05) is 25.5 Å². The second-order valence-electron chi connectivity index (χ2n) is 7.15. The lowest BCUT2D eigenvalue weighted by Gasteiger charge is -2.15. The fourth-order valence-corrected chi connectivity index (χ4v) is 3.27. The van der Waals surface area contributed by atoms with Crippen LogP contribution in [-0.4, -0.2) is 39.7 Å². The zero-order chi connectivity index (χ0) is 20.3. The minimum absolute atomic E-state index is 0.178. The van der Waals surface area contributed by atoms with Crippen molar-refractivity contribution >= 4 is 23.0 Å². The lowest BCUT2D eigenvalue weighted by atomic mass is 10.1. The van der Waals surface area contributed by atoms with Gasteiger partial charge >= 0.3 is 0 Å². The fourth-order valence-electron chi connectivity index (χ4n) is 3.27. The van der Waals surface area contributed by atoms with E-state index in [4.69, 9.17) is 0 Å². The van der Waals surface area contributed by atoms with Crippen molar-refractivity contribution in [2.45, 2.75) is 33.6 Å². The van der Waals surface area contributed by atoms with Crippen LogP contribution < -0.4 is 5.32 Å². The molecule has 0 bridgehead atoms. The molecule has 6 nitrogen and oxygen atoms in total. The highest BCUT2D eigenvalue weighted by molar-refractivity contribution is 6.06. The first-order valence-electron chi connectivity index (χ1n) is 9.53. The normalized spacial score (nSPS) is 10.9. The molecule has 0 fully saturated rings. The molecular weight excluding hydrogens is 352 g/mol. The van der Waals surface area contributed by atoms with Crippen LogP contribution in [0.15, 0.2) is 42.6 Å². The predicted molar refractivity (Wildman–Crippen MR) is 111 cm³/mol. The van der Waals surface area contributed by atoms with Gasteiger partial charge in [-0.05, 0) is 55.7 Å². The summed E-state index contributed by atoms with van der Waals surface area (Å²) in [6.07, 6.45) is 3.68. The van der Waals surface area contributed by atoms with Crippen molar-refractivity contribution in [1.29, 1.82) is 0 Å². The number of pyridine rings is 1. The number of aryl methyl sites for hydroxylation is 2. The van der Waals surface area contributed by atoms with Crippen molar-refractivity contribution in [2.75, 3.05) is 18.9 Å². The van der Waals surface area contributed by atoms with Crippen molar-refractivity contribution in [3.8, 4) is 0 Å². The quantitative estimate of drug-likeness (QED) is 0.703. The Hall–Kier alpha value is -3.15. The smallest absolute Gasteiger partial charge is 0.292 e. The van der Waals surface area contributed by atoms with E-state index >= 15 is 0 Å². The van der Waals surface area contributed by atoms with E-state index in [0.717, 1.165) is 24.0 Å². The number of fused-ring (bicyclic) bond motifs is 1. The summed E-state index contributed by atoms with van der Waals surface area (Å²) in [5.74, 6) is -0.328. The number of carbonyl (C=O) groups is 2. The molecular formula is C22H26N4O2. The molecule has 0 aliphatic heterocycles. The highest BCUT2D eigenvalue weighted by Crippen LogP contribution is 2.18. The number of carbonyl (C=O) groups excluding carboxylic acids is 2. The molecule has 2 aromatic heterocycles. The third-order valence-electron chi connectivity index (χ3n) is 4.63. The summed E-state index contributed by atoms with van der Waals surface area (Å²) in [6.45, 7) is 6.71. The highest BCUT2D eigenvalue weighted by Gasteiger charge is 2.23. The van der Waals surface area contributed by atoms with E-state index in [1.54, 1.807) is 22.5 Å². The Kier molecular flexibility index (Phi) is 5.78. The van der Waals surface area contributed by atoms with Gasteiger partial charge in [0.15, 0.2) is 5.69 Å². The number of imidazole rings is 1. The topological polar surface area (TPSA) is 66.7 Å². The van der Waals surface area contributed by atoms with E-state index in [2.05, 4.69) is 17.2 Å². The third kappa shape index (κ3) is 4.06. The first-order valence-corrected chi connectivity index (χ1v) is 9.53. The van der Waals surface area contributed by atoms with E-state index in [9.17, 15) is 9.59 Å². The van der Waals surface area contributed by atoms with Crippen LogP contribution in [0.1, 0.15) is 52.0 Å². The van der Waals surface area contributed by atoms with Crippen LogP contribution in [0.5, 0.6) is 0 Å². The standard InChI is InChI=1S/C22H26N4O2/c1-5-6-10-25(4)22(28)19-18-9-7-8-11-26(18)20(24-19)21(27)23-17-13-15(2)12-16(3)14-17/h7-9,11-14H,5-6,10H2,1-4H3,(H,23,27). The maximum atomic E-state index is 12.9. The van der Waals surface area contributed by atoms with Gasteiger partial charge in [0.25, 0.3) is 11.8 Å². The van der Waals surface area contributed by atoms with Crippen LogP contribution in [0.4, 0.5) is 5.69 Å². The molecule has 1 aromatic carbocycles. The molecule has 0 unspecified atom stereocenters. The first-order chi connectivity index (χ1) is 13.4. The van der Waals surface area contributed by atoms with Crippen molar-refractivity contribution in [3.63, 3.8) is 0 Å². The van der Waals surface area contributed by atoms with Crippen LogP contribution in [0.25, 0.3) is 5.52 Å². The maximum Gasteiger partial charge on any atom is 0.292 e. The molecule has 2 heterocycles. The van der Waals surface area contributed by atoms with Gasteiger partial charge in [-0.3, -0.25) is 14.0 Å². The Morgan fingerprint density at radius 3 is 2.54 bits per heavy atom. The predicted octanol–water partition coefficient (Wildman–Crippen LogP) is 4.08. The number of hydrogen-bond donors (Lipinski definition) is 1. The molecule has 0 aliphatic rings. The SMILES string of the molecule is CCCCN(C)C(=O)c1nc(C(=O)Nc2cc(C)cc(C)c2)n2ccccc12. The van der Waals surface area contributed by atoms with Crippen LogP contribution in [0, 0.1) is 13.8 Å². The van der Waals surface area contributed by atoms with E-state index in [1.807, 2.05) is 50.2 Å². The molecule has 0 spiro atoms. The average Bonchev–Trinajstić information content (AvgIpc) is 3.04. The van der Waals surface area contributed by atoms with Gasteiger partial charge in [0.05, 0.1) is 5.52 Å². The van der Waals surface area contributed by atoms with Crippen LogP contribution >= 0.6 is 0 Å². The van der Waals surface area contributed by atoms with E-state index in [-0.39, 0.29) is 17.6 Å². The molecule has 1 N–H and O–H groups in total. The Morgan fingerprint density at radius 1 is 1.14 bits per heavy atom. The summed E-state index contributed by atoms with van der Waals surface area (Å²) in [7, 11) is 1.77. The van der Waals surface area contributed by atoms with Gasteiger partial charge in [0.1, 0.15) is 0 Å². The van der Waals surface area contributed by atoms with E-state index < -0.39 is 0 Å². The summed E-state index contributed by atoms with van der Waals surface area (Å²) in [4.78, 5) is 31.9. The monoisotopic (exact) mass is 378 g/mol. The number of unbranched alkanes of at least 4 members (excludes halogenated alkanes) is 1. The van der Waals surface area contributed by atoms with Crippen molar-refractivity contribution < 1.29 is 9.59 Å². The van der Waals surface area contributed by atoms with Crippen molar-refractivity contribution in [2.24, 2.45) is 0 Å². The zero-order valence-electron chi connectivity index (χ0n) is 16.8. The number of rotatable bonds is 6. The van der Waals surface area contributed by atoms with Gasteiger partial charge < -0.3 is 10.2 Å². The number of aromatic nitrogens is 2. The summed E-state index contributed by atoms with van der Waals surface area (Å²) in [5.41, 5.74) is 3.77. The molecule has 146 valence electrons. The van der Waals surface area contributed by atoms with Crippen LogP contribution in [0.2, 0.25) is 0 Å². The second kappa shape index (κ2) is 8.25. The molecule has 28 heavy (non-hydrogen) atoms. The summed E-state index contributed by atoms with van der Waals surface area (Å²) in [5, 5.41) is 2.90. The van der Waals surface area contributed by atoms with E-state index in [1.165, 1.54) is 0 Å². The number of nitrogens with one attached hydrogen (secondary N) is 1. The van der Waals surface area contributed by atoms with Gasteiger partial charge in [-0.15, -0.1) is 0 Å². The van der Waals surface area contributed by atoms with Gasteiger partial charge in [0.2, 0.25) is 5.82 Å². The zero-order valence-corrected chi connectivity index (χ0v) is 16.8. The number of nitrogens with zero attached hydrogens (tertiary/aromatic N) is 3. The first kappa shape index (κ1) is 19.6. The molecule has 3 rings (SSSR count). The van der Waals surface area contributed by atoms with Crippen LogP contribution in [0.3, 0.4) is 0 Å². The Bertz CT molecular complexity index is 1000. The van der Waals surface area contributed by atoms with Gasteiger partial charge in [-0.2, -0.15) is 0 Å². The van der Waals surface area contributed by atoms with Crippen LogP contribution in [-0.2, 0) is 0 Å². The molecule has 0 aliphatic carbocycles. The largest absolute Gasteiger partial charge is 0.340 e. The second-order valence-corrected chi connectivity index (χ2v) is 7.15. The minimum Gasteiger partial charge on any atom is -0.340 e. The number of hydrogen-bond acceptors (Lipinski definition) is 3. The highest BCUT2D eigenvalue weighted by atomic mass is 16.2. The Morgan fingerprint density at radius 2 is 1.86 bits per heavy atom. The molecule has 0 atom stereocenters. The molecule has 0 radical (unpaired) electrons. The molecule has 0 saturated heterocycles. The van der Waals surface area contributed by atoms with Gasteiger partial charge in [-0.25, -0.2) is 4.98 Å². The summed E-state index contributed by atoms with van der Waals surface area (Å²) >= 11 is 0. The van der Waals surface area contributed by atoms with Crippen molar-refractivity contribution in [1.82, 2.24) is 14.3 Å². The maximum absolute atomic E-state index is 12.9. The molecule has 3 aromatic rings. The number of amides is 2. The Balaban J connectivity index is 1.95. The number of anilines is 1. The van der Waals surface area contributed by atoms with Crippen molar-refractivity contribution in [3.05, 3.63) is 65.2 Å². The molecule has 6 heteroatoms. The molecule has 2 amide bonds. The number of benzene rings is 1. The minimum atomic E-state index is -0.346. The third-order valence-corrected chi connectivity index (χ3v) is 4.63. The summed E-state index contributed by atoms with van der Waals surface area (Å²) in [6, 6.07) is 11.3. The average molecular weight is 378 g/mol. The lowest BCUT2D eigenvalue weighted by Crippen LogP contribution is -2.28. The summed E-state index contributed by atoms with van der Waals surface area (Å²) < 4.78 is 1.67. The van der Waals surface area contributed by atoms with E-state index in [0.29, 0.717) is 23.4 Å². The lowest BCUT2D eigenvalue weighted by molar-refractivity contribution is 0.0790.